The van der Waals surface area contributed by atoms with Crippen molar-refractivity contribution < 1.29 is 23.8 Å². The number of rotatable bonds is 6. The molecular weight excluding hydrogens is 308 g/mol. The molecule has 0 unspecified atom stereocenters. The van der Waals surface area contributed by atoms with E-state index in [0.29, 0.717) is 36.7 Å². The first-order valence-corrected chi connectivity index (χ1v) is 7.85. The van der Waals surface area contributed by atoms with Crippen LogP contribution in [-0.4, -0.2) is 31.6 Å². The molecule has 0 atom stereocenters. The van der Waals surface area contributed by atoms with E-state index < -0.39 is 0 Å². The fraction of sp³-hybridized carbons (Fsp3) is 0.263. The molecular formula is C19H18O5. The molecule has 24 heavy (non-hydrogen) atoms. The van der Waals surface area contributed by atoms with Gasteiger partial charge in [-0.2, -0.15) is 0 Å². The maximum atomic E-state index is 12.1. The van der Waals surface area contributed by atoms with E-state index in [9.17, 15) is 9.59 Å². The lowest BCUT2D eigenvalue weighted by molar-refractivity contribution is -0.142. The molecule has 0 radical (unpaired) electrons. The minimum atomic E-state index is -0.384. The van der Waals surface area contributed by atoms with Crippen LogP contribution in [0.5, 0.6) is 11.5 Å². The van der Waals surface area contributed by atoms with Crippen LogP contribution < -0.4 is 9.47 Å². The Bertz CT molecular complexity index is 724. The van der Waals surface area contributed by atoms with E-state index >= 15 is 0 Å². The van der Waals surface area contributed by atoms with Crippen LogP contribution >= 0.6 is 0 Å². The van der Waals surface area contributed by atoms with Gasteiger partial charge in [0.2, 0.25) is 0 Å². The van der Waals surface area contributed by atoms with Crippen molar-refractivity contribution in [3.8, 4) is 11.5 Å². The lowest BCUT2D eigenvalue weighted by Crippen LogP contribution is -2.17. The summed E-state index contributed by atoms with van der Waals surface area (Å²) in [5.74, 6) is 0.518. The van der Waals surface area contributed by atoms with Gasteiger partial charge in [0.05, 0.1) is 0 Å². The zero-order valence-electron chi connectivity index (χ0n) is 13.2. The SMILES string of the molecule is O=C(CCc1ccccc1)OCC(=O)c1ccc2c(c1)OCCO2. The van der Waals surface area contributed by atoms with Gasteiger partial charge in [-0.05, 0) is 30.2 Å². The third-order valence-corrected chi connectivity index (χ3v) is 3.69. The van der Waals surface area contributed by atoms with Gasteiger partial charge >= 0.3 is 5.97 Å². The summed E-state index contributed by atoms with van der Waals surface area (Å²) in [6, 6.07) is 14.6. The van der Waals surface area contributed by atoms with Gasteiger partial charge in [0.25, 0.3) is 0 Å². The summed E-state index contributed by atoms with van der Waals surface area (Å²) in [6.45, 7) is 0.686. The van der Waals surface area contributed by atoms with Crippen molar-refractivity contribution in [1.29, 1.82) is 0 Å². The molecule has 5 nitrogen and oxygen atoms in total. The molecule has 0 bridgehead atoms. The number of aryl methyl sites for hydroxylation is 1. The molecule has 0 aliphatic carbocycles. The van der Waals surface area contributed by atoms with Crippen LogP contribution in [0.25, 0.3) is 0 Å². The van der Waals surface area contributed by atoms with E-state index in [2.05, 4.69) is 0 Å². The number of ether oxygens (including phenoxy) is 3. The highest BCUT2D eigenvalue weighted by atomic mass is 16.6. The Kier molecular flexibility index (Phi) is 5.11. The van der Waals surface area contributed by atoms with E-state index in [4.69, 9.17) is 14.2 Å². The first kappa shape index (κ1) is 16.1. The normalized spacial score (nSPS) is 12.5. The topological polar surface area (TPSA) is 61.8 Å². The predicted octanol–water partition coefficient (Wildman–Crippen LogP) is 2.82. The zero-order chi connectivity index (χ0) is 16.8. The van der Waals surface area contributed by atoms with Gasteiger partial charge in [-0.15, -0.1) is 0 Å². The molecule has 0 amide bonds. The number of fused-ring (bicyclic) bond motifs is 1. The van der Waals surface area contributed by atoms with Crippen molar-refractivity contribution in [2.75, 3.05) is 19.8 Å². The Morgan fingerprint density at radius 1 is 0.958 bits per heavy atom. The predicted molar refractivity (Wildman–Crippen MR) is 87.5 cm³/mol. The monoisotopic (exact) mass is 326 g/mol. The van der Waals surface area contributed by atoms with Crippen LogP contribution in [0.2, 0.25) is 0 Å². The Hall–Kier alpha value is -2.82. The van der Waals surface area contributed by atoms with Crippen molar-refractivity contribution >= 4 is 11.8 Å². The van der Waals surface area contributed by atoms with Gasteiger partial charge in [0, 0.05) is 12.0 Å². The van der Waals surface area contributed by atoms with E-state index in [-0.39, 0.29) is 24.8 Å². The van der Waals surface area contributed by atoms with Crippen molar-refractivity contribution in [3.05, 3.63) is 59.7 Å². The number of hydrogen-bond acceptors (Lipinski definition) is 5. The summed E-state index contributed by atoms with van der Waals surface area (Å²) in [5.41, 5.74) is 1.50. The van der Waals surface area contributed by atoms with Crippen molar-refractivity contribution in [1.82, 2.24) is 0 Å². The molecule has 0 N–H and O–H groups in total. The van der Waals surface area contributed by atoms with Crippen LogP contribution in [0, 0.1) is 0 Å². The number of hydrogen-bond donors (Lipinski definition) is 0. The van der Waals surface area contributed by atoms with Crippen LogP contribution in [0.3, 0.4) is 0 Å². The van der Waals surface area contributed by atoms with Crippen LogP contribution in [0.1, 0.15) is 22.3 Å². The van der Waals surface area contributed by atoms with Crippen molar-refractivity contribution in [2.45, 2.75) is 12.8 Å². The number of benzene rings is 2. The summed E-state index contributed by atoms with van der Waals surface area (Å²) in [6.07, 6.45) is 0.844. The lowest BCUT2D eigenvalue weighted by Gasteiger charge is -2.18. The van der Waals surface area contributed by atoms with E-state index in [1.165, 1.54) is 0 Å². The molecule has 1 aliphatic rings. The van der Waals surface area contributed by atoms with Gasteiger partial charge in [0.15, 0.2) is 23.9 Å². The number of carbonyl (C=O) groups is 2. The van der Waals surface area contributed by atoms with Gasteiger partial charge in [-0.3, -0.25) is 9.59 Å². The Labute approximate surface area is 140 Å². The Balaban J connectivity index is 1.49. The Morgan fingerprint density at radius 2 is 1.71 bits per heavy atom. The highest BCUT2D eigenvalue weighted by Crippen LogP contribution is 2.30. The summed E-state index contributed by atoms with van der Waals surface area (Å²) in [5, 5.41) is 0. The average molecular weight is 326 g/mol. The quantitative estimate of drug-likeness (QED) is 0.603. The van der Waals surface area contributed by atoms with Crippen molar-refractivity contribution in [3.63, 3.8) is 0 Å². The largest absolute Gasteiger partial charge is 0.486 e. The highest BCUT2D eigenvalue weighted by Gasteiger charge is 2.16. The maximum Gasteiger partial charge on any atom is 0.306 e. The van der Waals surface area contributed by atoms with E-state index in [0.717, 1.165) is 5.56 Å². The van der Waals surface area contributed by atoms with Gasteiger partial charge in [-0.1, -0.05) is 30.3 Å². The fourth-order valence-corrected chi connectivity index (χ4v) is 2.41. The molecule has 0 fully saturated rings. The third-order valence-electron chi connectivity index (χ3n) is 3.69. The summed E-state index contributed by atoms with van der Waals surface area (Å²) in [7, 11) is 0. The second-order valence-electron chi connectivity index (χ2n) is 5.43. The summed E-state index contributed by atoms with van der Waals surface area (Å²) >= 11 is 0. The second kappa shape index (κ2) is 7.64. The van der Waals surface area contributed by atoms with Gasteiger partial charge in [0.1, 0.15) is 13.2 Å². The zero-order valence-corrected chi connectivity index (χ0v) is 13.2. The molecule has 3 rings (SSSR count). The van der Waals surface area contributed by atoms with Crippen molar-refractivity contribution in [2.24, 2.45) is 0 Å². The molecule has 124 valence electrons. The number of esters is 1. The maximum absolute atomic E-state index is 12.1. The molecule has 0 spiro atoms. The summed E-state index contributed by atoms with van der Waals surface area (Å²) in [4.78, 5) is 23.9. The average Bonchev–Trinajstić information content (AvgIpc) is 2.65. The van der Waals surface area contributed by atoms with Crippen LogP contribution in [0.15, 0.2) is 48.5 Å². The fourth-order valence-electron chi connectivity index (χ4n) is 2.41. The molecule has 1 heterocycles. The highest BCUT2D eigenvalue weighted by molar-refractivity contribution is 5.98. The van der Waals surface area contributed by atoms with E-state index in [1.807, 2.05) is 30.3 Å². The standard InChI is InChI=1S/C19H18O5/c20-16(15-7-8-17-18(12-15)23-11-10-22-17)13-24-19(21)9-6-14-4-2-1-3-5-14/h1-5,7-8,12H,6,9-11,13H2. The van der Waals surface area contributed by atoms with Crippen LogP contribution in [0.4, 0.5) is 0 Å². The van der Waals surface area contributed by atoms with E-state index in [1.54, 1.807) is 18.2 Å². The molecule has 2 aromatic rings. The Morgan fingerprint density at radius 3 is 2.50 bits per heavy atom. The lowest BCUT2D eigenvalue weighted by atomic mass is 10.1. The second-order valence-corrected chi connectivity index (χ2v) is 5.43. The third kappa shape index (κ3) is 4.13. The summed E-state index contributed by atoms with van der Waals surface area (Å²) < 4.78 is 15.9. The number of Topliss-reactive ketones (excluding diaryl/α,β-unsaturated/α-hetero) is 1. The molecule has 1 aliphatic heterocycles. The molecule has 0 aromatic heterocycles. The number of ketones is 1. The van der Waals surface area contributed by atoms with Gasteiger partial charge < -0.3 is 14.2 Å². The molecule has 5 heteroatoms. The minimum Gasteiger partial charge on any atom is -0.486 e. The van der Waals surface area contributed by atoms with Gasteiger partial charge in [-0.25, -0.2) is 0 Å². The molecule has 0 saturated heterocycles. The van der Waals surface area contributed by atoms with Crippen LogP contribution in [-0.2, 0) is 16.0 Å². The smallest absolute Gasteiger partial charge is 0.306 e. The first-order valence-electron chi connectivity index (χ1n) is 7.85. The number of carbonyl (C=O) groups excluding carboxylic acids is 2. The molecule has 2 aromatic carbocycles. The minimum absolute atomic E-state index is 0.248. The molecule has 0 saturated carbocycles. The first-order chi connectivity index (χ1) is 11.7.